The summed E-state index contributed by atoms with van der Waals surface area (Å²) < 4.78 is 6.21. The van der Waals surface area contributed by atoms with Gasteiger partial charge in [-0.15, -0.1) is 0 Å². The Hall–Kier alpha value is -0.573. The first-order valence-electron chi connectivity index (χ1n) is 8.43. The van der Waals surface area contributed by atoms with Gasteiger partial charge in [-0.25, -0.2) is 0 Å². The van der Waals surface area contributed by atoms with Gasteiger partial charge in [0, 0.05) is 20.4 Å². The topological polar surface area (TPSA) is 9.23 Å². The van der Waals surface area contributed by atoms with Crippen LogP contribution in [0.15, 0.2) is 29.8 Å². The van der Waals surface area contributed by atoms with Crippen LogP contribution in [-0.2, 0) is 4.74 Å². The molecule has 0 spiro atoms. The molecule has 0 atom stereocenters. The first kappa shape index (κ1) is 17.8. The van der Waals surface area contributed by atoms with Crippen LogP contribution < -0.4 is 0 Å². The van der Waals surface area contributed by atoms with Crippen LogP contribution in [0.1, 0.15) is 45.1 Å². The van der Waals surface area contributed by atoms with Crippen molar-refractivity contribution in [2.24, 2.45) is 0 Å². The number of hydrogen-bond donors (Lipinski definition) is 0. The number of allylic oxidation sites excluding steroid dienone is 1. The van der Waals surface area contributed by atoms with Crippen LogP contribution in [0.2, 0.25) is 23.2 Å². The van der Waals surface area contributed by atoms with Crippen LogP contribution in [0.5, 0.6) is 0 Å². The monoisotopic (exact) mass is 336 g/mol. The fourth-order valence-electron chi connectivity index (χ4n) is 2.60. The highest BCUT2D eigenvalue weighted by atomic mass is 35.5. The van der Waals surface area contributed by atoms with Crippen molar-refractivity contribution in [1.82, 2.24) is 0 Å². The standard InChI is InChI=1S/C19H29ClOSi/c1-19(2,22(3)4)14-21-18-10-8-15(9-11-18)12-16-6-5-7-17(20)13-16/h5-7,12-13,18,22H,8-11,14H2,1-4H3. The zero-order valence-corrected chi connectivity index (χ0v) is 16.3. The molecular weight excluding hydrogens is 308 g/mol. The van der Waals surface area contributed by atoms with Crippen molar-refractivity contribution in [1.29, 1.82) is 0 Å². The molecule has 1 aliphatic carbocycles. The van der Waals surface area contributed by atoms with Crippen molar-refractivity contribution in [3.05, 3.63) is 40.4 Å². The average Bonchev–Trinajstić information content (AvgIpc) is 2.46. The highest BCUT2D eigenvalue weighted by Gasteiger charge is 2.26. The fourth-order valence-corrected chi connectivity index (χ4v) is 3.23. The highest BCUT2D eigenvalue weighted by molar-refractivity contribution is 6.59. The van der Waals surface area contributed by atoms with Crippen molar-refractivity contribution in [2.45, 2.75) is 63.8 Å². The van der Waals surface area contributed by atoms with E-state index >= 15 is 0 Å². The Morgan fingerprint density at radius 2 is 1.95 bits per heavy atom. The molecule has 1 saturated carbocycles. The van der Waals surface area contributed by atoms with Gasteiger partial charge in [-0.1, -0.05) is 62.3 Å². The van der Waals surface area contributed by atoms with E-state index < -0.39 is 8.80 Å². The molecule has 3 heteroatoms. The Morgan fingerprint density at radius 1 is 1.27 bits per heavy atom. The van der Waals surface area contributed by atoms with Crippen molar-refractivity contribution in [3.8, 4) is 0 Å². The van der Waals surface area contributed by atoms with Gasteiger partial charge < -0.3 is 4.74 Å². The van der Waals surface area contributed by atoms with Gasteiger partial charge in [0.1, 0.15) is 0 Å². The summed E-state index contributed by atoms with van der Waals surface area (Å²) in [5.41, 5.74) is 2.74. The molecule has 122 valence electrons. The lowest BCUT2D eigenvalue weighted by Gasteiger charge is -2.32. The summed E-state index contributed by atoms with van der Waals surface area (Å²) in [6.45, 7) is 10.5. The molecule has 0 radical (unpaired) electrons. The SMILES string of the molecule is C[SiH](C)C(C)(C)COC1CCC(=Cc2cccc(Cl)c2)CC1. The average molecular weight is 337 g/mol. The molecule has 0 aromatic heterocycles. The molecule has 22 heavy (non-hydrogen) atoms. The fraction of sp³-hybridized carbons (Fsp3) is 0.579. The van der Waals surface area contributed by atoms with Gasteiger partial charge in [0.05, 0.1) is 6.10 Å². The number of benzene rings is 1. The lowest BCUT2D eigenvalue weighted by molar-refractivity contribution is 0.0227. The summed E-state index contributed by atoms with van der Waals surface area (Å²) in [4.78, 5) is 0. The van der Waals surface area contributed by atoms with Crippen LogP contribution in [0, 0.1) is 0 Å². The van der Waals surface area contributed by atoms with E-state index in [9.17, 15) is 0 Å². The predicted molar refractivity (Wildman–Crippen MR) is 101 cm³/mol. The van der Waals surface area contributed by atoms with Gasteiger partial charge in [0.2, 0.25) is 0 Å². The van der Waals surface area contributed by atoms with E-state index in [1.807, 2.05) is 18.2 Å². The molecule has 0 heterocycles. The lowest BCUT2D eigenvalue weighted by atomic mass is 9.91. The van der Waals surface area contributed by atoms with E-state index in [4.69, 9.17) is 16.3 Å². The molecule has 0 N–H and O–H groups in total. The van der Waals surface area contributed by atoms with Gasteiger partial charge >= 0.3 is 0 Å². The van der Waals surface area contributed by atoms with Crippen molar-refractivity contribution < 1.29 is 4.74 Å². The van der Waals surface area contributed by atoms with E-state index in [1.165, 1.54) is 11.1 Å². The van der Waals surface area contributed by atoms with Crippen LogP contribution in [0.4, 0.5) is 0 Å². The van der Waals surface area contributed by atoms with Gasteiger partial charge in [0.25, 0.3) is 0 Å². The molecule has 1 aromatic carbocycles. The first-order valence-corrected chi connectivity index (χ1v) is 11.7. The smallest absolute Gasteiger partial charge is 0.0581 e. The van der Waals surface area contributed by atoms with E-state index in [1.54, 1.807) is 0 Å². The Morgan fingerprint density at radius 3 is 2.55 bits per heavy atom. The summed E-state index contributed by atoms with van der Waals surface area (Å²) in [5, 5.41) is 1.21. The number of rotatable bonds is 5. The molecule has 1 aliphatic rings. The Balaban J connectivity index is 1.83. The Kier molecular flexibility index (Phi) is 6.31. The molecule has 0 aliphatic heterocycles. The van der Waals surface area contributed by atoms with Gasteiger partial charge in [0.15, 0.2) is 0 Å². The van der Waals surface area contributed by atoms with E-state index in [-0.39, 0.29) is 0 Å². The maximum Gasteiger partial charge on any atom is 0.0581 e. The largest absolute Gasteiger partial charge is 0.378 e. The maximum absolute atomic E-state index is 6.21. The third kappa shape index (κ3) is 5.26. The minimum absolute atomic E-state index is 0.400. The van der Waals surface area contributed by atoms with Gasteiger partial charge in [-0.2, -0.15) is 0 Å². The maximum atomic E-state index is 6.21. The summed E-state index contributed by atoms with van der Waals surface area (Å²) in [6, 6.07) is 8.10. The van der Waals surface area contributed by atoms with Gasteiger partial charge in [-0.05, 0) is 48.4 Å². The second-order valence-corrected chi connectivity index (χ2v) is 11.8. The minimum atomic E-state index is -0.665. The minimum Gasteiger partial charge on any atom is -0.378 e. The summed E-state index contributed by atoms with van der Waals surface area (Å²) in [7, 11) is -0.665. The molecule has 1 aromatic rings. The molecule has 0 bridgehead atoms. The molecule has 1 nitrogen and oxygen atoms in total. The molecular formula is C19H29ClOSi. The van der Waals surface area contributed by atoms with Gasteiger partial charge in [-0.3, -0.25) is 0 Å². The normalized spacial score (nSPS) is 19.5. The second-order valence-electron chi connectivity index (χ2n) is 7.51. The molecule has 1 fully saturated rings. The van der Waals surface area contributed by atoms with Crippen LogP contribution in [0.3, 0.4) is 0 Å². The van der Waals surface area contributed by atoms with Crippen molar-refractivity contribution in [2.75, 3.05) is 6.61 Å². The Labute approximate surface area is 142 Å². The van der Waals surface area contributed by atoms with Crippen molar-refractivity contribution >= 4 is 26.5 Å². The zero-order chi connectivity index (χ0) is 16.2. The summed E-state index contributed by atoms with van der Waals surface area (Å²) in [6.07, 6.45) is 7.36. The van der Waals surface area contributed by atoms with Crippen molar-refractivity contribution in [3.63, 3.8) is 0 Å². The number of halogens is 1. The zero-order valence-electron chi connectivity index (χ0n) is 14.4. The van der Waals surface area contributed by atoms with E-state index in [2.05, 4.69) is 39.1 Å². The first-order chi connectivity index (χ1) is 10.4. The molecule has 0 unspecified atom stereocenters. The lowest BCUT2D eigenvalue weighted by Crippen LogP contribution is -2.29. The predicted octanol–water partition coefficient (Wildman–Crippen LogP) is 5.95. The van der Waals surface area contributed by atoms with Crippen LogP contribution in [0.25, 0.3) is 6.08 Å². The molecule has 0 amide bonds. The third-order valence-corrected chi connectivity index (χ3v) is 8.58. The summed E-state index contributed by atoms with van der Waals surface area (Å²) in [5.74, 6) is 0. The van der Waals surface area contributed by atoms with Crippen LogP contribution >= 0.6 is 11.6 Å². The molecule has 0 saturated heterocycles. The Bertz CT molecular complexity index is 512. The summed E-state index contributed by atoms with van der Waals surface area (Å²) >= 11 is 6.05. The highest BCUT2D eigenvalue weighted by Crippen LogP contribution is 2.32. The third-order valence-electron chi connectivity index (χ3n) is 5.05. The van der Waals surface area contributed by atoms with E-state index in [0.29, 0.717) is 11.1 Å². The van der Waals surface area contributed by atoms with E-state index in [0.717, 1.165) is 37.3 Å². The number of ether oxygens (including phenoxy) is 1. The quantitative estimate of drug-likeness (QED) is 0.604. The van der Waals surface area contributed by atoms with Crippen LogP contribution in [-0.4, -0.2) is 21.5 Å². The second kappa shape index (κ2) is 7.81. The molecule has 2 rings (SSSR count). The number of hydrogen-bond acceptors (Lipinski definition) is 1.